The van der Waals surface area contributed by atoms with E-state index in [1.807, 2.05) is 0 Å². The second-order valence-corrected chi connectivity index (χ2v) is 30.4. The maximum atomic E-state index is 13.0. The number of aliphatic hydroxyl groups is 25. The van der Waals surface area contributed by atoms with Crippen LogP contribution in [0.4, 0.5) is 0 Å². The summed E-state index contributed by atoms with van der Waals surface area (Å²) in [7, 11) is -10.7. The van der Waals surface area contributed by atoms with Crippen LogP contribution in [0, 0.1) is 0 Å². The molecule has 0 saturated carbocycles. The molecule has 2 amide bonds. The van der Waals surface area contributed by atoms with Gasteiger partial charge in [0.2, 0.25) is 11.8 Å². The van der Waals surface area contributed by atoms with Gasteiger partial charge in [0.05, 0.1) is 59.5 Å². The predicted molar refractivity (Wildman–Crippen MR) is 342 cm³/mol. The molecule has 45 atom stereocenters. The van der Waals surface area contributed by atoms with Crippen LogP contribution in [0.5, 0.6) is 0 Å². The minimum absolute atomic E-state index is 0.814. The normalized spacial score (nSPS) is 48.7. The van der Waals surface area contributed by atoms with Crippen molar-refractivity contribution in [2.75, 3.05) is 59.5 Å². The summed E-state index contributed by atoms with van der Waals surface area (Å²) in [6, 6.07) is -3.66. The number of ether oxygens (including phenoxy) is 17. The first-order valence-corrected chi connectivity index (χ1v) is 38.2. The second kappa shape index (κ2) is 40.7. The van der Waals surface area contributed by atoms with Gasteiger partial charge in [-0.3, -0.25) is 18.6 Å². The summed E-state index contributed by atoms with van der Waals surface area (Å²) in [6.07, 6.45) is -95.9. The maximum Gasteiger partial charge on any atom is 0.469 e. The molecule has 0 bridgehead atoms. The van der Waals surface area contributed by atoms with Crippen LogP contribution in [0.1, 0.15) is 13.8 Å². The van der Waals surface area contributed by atoms with Crippen LogP contribution in [-0.4, -0.2) is 495 Å². The summed E-state index contributed by atoms with van der Waals surface area (Å²) >= 11 is 0. The van der Waals surface area contributed by atoms with Crippen LogP contribution in [-0.2, 0) is 108 Å². The Labute approximate surface area is 641 Å². The SMILES string of the molecule is CC(=O)N[C@H]1[C@H](O[C@H]2[C@H](O)[C@@H](NC(C)=O)C(O)O[C@@H]2CO)O[C@H](CO)[C@@H](O[C@@H]2O[C@H](CO[C@H]3O[C@H](CO[C@H]4O[C@H](COP(=O)(O)O)[C@@H](O)[C@H](O)[C@@H]4O)[C@@H](O)[C@H](O[C@H]4O[C@H](CO)[C@@H](O)[C@H](O)[C@@H]4O[C@H]4O[C@H](CO)[C@@H](O)[C@H](O)[C@@H]4O)[C@@H]3O)[C@@H](O)[C@H](O[C@H]3O[C@H](CO)[C@@H](O)[C@H](O)[C@@H]3O[C@H]3O[C@H](COP(=O)(O)O)[C@@H](O)[C@H](O)[C@@H]3O)[C@@H]2O)[C@@H]1O. The van der Waals surface area contributed by atoms with Crippen LogP contribution in [0.2, 0.25) is 0 Å². The zero-order valence-electron chi connectivity index (χ0n) is 59.6. The summed E-state index contributed by atoms with van der Waals surface area (Å²) in [5.74, 6) is -1.80. The Bertz CT molecular complexity index is 3110. The Morgan fingerprint density at radius 3 is 0.939 bits per heavy atom. The van der Waals surface area contributed by atoms with Gasteiger partial charge in [0, 0.05) is 13.8 Å². The molecule has 9 heterocycles. The van der Waals surface area contributed by atoms with Crippen molar-refractivity contribution in [1.82, 2.24) is 10.6 Å². The van der Waals surface area contributed by atoms with E-state index in [4.69, 9.17) is 80.5 Å². The zero-order valence-corrected chi connectivity index (χ0v) is 61.4. The number of carbonyl (C=O) groups excluding carboxylic acids is 2. The number of aliphatic hydroxyl groups excluding tert-OH is 25. The topological polar surface area (TPSA) is 854 Å². The number of nitrogens with one attached hydrogen (secondary N) is 2. The molecule has 1 unspecified atom stereocenters. The minimum atomic E-state index is -5.38. The quantitative estimate of drug-likeness (QED) is 0.0287. The summed E-state index contributed by atoms with van der Waals surface area (Å²) in [5, 5.41) is 283. The van der Waals surface area contributed by atoms with Crippen molar-refractivity contribution < 1.29 is 256 Å². The Hall–Kier alpha value is -2.52. The number of rotatable bonds is 31. The molecule has 664 valence electrons. The van der Waals surface area contributed by atoms with Gasteiger partial charge in [-0.25, -0.2) is 9.13 Å². The third kappa shape index (κ3) is 22.1. The van der Waals surface area contributed by atoms with E-state index in [1.165, 1.54) is 0 Å². The van der Waals surface area contributed by atoms with Gasteiger partial charge < -0.3 is 238 Å². The van der Waals surface area contributed by atoms with Gasteiger partial charge in [-0.1, -0.05) is 0 Å². The highest BCUT2D eigenvalue weighted by Crippen LogP contribution is 2.42. The standard InChI is InChI=1S/C58H100N2O52P2/c1-12(66)59-23-32(75)44(17(6-64)98-50(23)87)107-51-24(60-13(2)67)33(76)45(18(7-65)102-51)108-56-43(86)47(110-58-49(38(81)27(70)16(5-63)101-58)112-55-41(84)36(79)29(72)22(106-55)11-97-114(91,92)93)31(74)20(105-56)9-95-53-42(85)46(30(73)19(103-53)8-94-52-39(82)35(78)28(71)21(104-52)10-96-113(88,89)90)109-57-48(37(80)26(69)15(4-62)100-57)111-54-40(83)34(77)25(68)14(3-61)99-54/h14-58,61-65,68-87H,3-11H2,1-2H3,(H,59,66)(H,60,67)(H2,88,89,90)(H2,91,92,93)/t14-,15-,16-,17-,18-,19-,20-,21-,22-,23-,24-,25-,26-,27-,28-,29-,30-,31-,32-,33-,34+,35+,36+,37+,38+,39+,40+,41+,42+,43+,44-,45-,46+,47+,48+,49+,50?,51+,52+,53+,54-,55-,56+,57-,58-/m1/s1. The van der Waals surface area contributed by atoms with E-state index in [0.29, 0.717) is 0 Å². The van der Waals surface area contributed by atoms with E-state index in [0.717, 1.165) is 13.8 Å². The molecule has 9 aliphatic heterocycles. The van der Waals surface area contributed by atoms with Crippen molar-refractivity contribution in [3.8, 4) is 0 Å². The number of phosphoric acid groups is 2. The smallest absolute Gasteiger partial charge is 0.394 e. The molecular weight excluding hydrogens is 1620 g/mol. The number of phosphoric ester groups is 2. The molecule has 114 heavy (non-hydrogen) atoms. The summed E-state index contributed by atoms with van der Waals surface area (Å²) in [6.45, 7) is -8.79. The number of hydrogen-bond acceptors (Lipinski definition) is 48. The minimum Gasteiger partial charge on any atom is -0.394 e. The van der Waals surface area contributed by atoms with E-state index < -0.39 is 363 Å². The van der Waals surface area contributed by atoms with E-state index >= 15 is 0 Å². The molecule has 9 fully saturated rings. The van der Waals surface area contributed by atoms with Crippen molar-refractivity contribution in [2.45, 2.75) is 290 Å². The first-order valence-electron chi connectivity index (χ1n) is 35.1. The predicted octanol–water partition coefficient (Wildman–Crippen LogP) is -20.1. The summed E-state index contributed by atoms with van der Waals surface area (Å²) in [4.78, 5) is 62.6. The van der Waals surface area contributed by atoms with Crippen LogP contribution >= 0.6 is 15.6 Å². The first kappa shape index (κ1) is 95.3. The van der Waals surface area contributed by atoms with Crippen molar-refractivity contribution in [3.05, 3.63) is 0 Å². The average Bonchev–Trinajstić information content (AvgIpc) is 0.756. The van der Waals surface area contributed by atoms with Crippen LogP contribution < -0.4 is 10.6 Å². The molecule has 0 radical (unpaired) electrons. The van der Waals surface area contributed by atoms with Crippen LogP contribution in [0.25, 0.3) is 0 Å². The fraction of sp³-hybridized carbons (Fsp3) is 0.966. The van der Waals surface area contributed by atoms with Crippen molar-refractivity contribution >= 4 is 27.5 Å². The Morgan fingerprint density at radius 2 is 0.544 bits per heavy atom. The zero-order chi connectivity index (χ0) is 84.3. The largest absolute Gasteiger partial charge is 0.469 e. The van der Waals surface area contributed by atoms with Crippen molar-refractivity contribution in [2.24, 2.45) is 0 Å². The highest BCUT2D eigenvalue weighted by Gasteiger charge is 2.61. The van der Waals surface area contributed by atoms with Crippen molar-refractivity contribution in [3.63, 3.8) is 0 Å². The summed E-state index contributed by atoms with van der Waals surface area (Å²) in [5.41, 5.74) is 0. The lowest BCUT2D eigenvalue weighted by atomic mass is 9.94. The Morgan fingerprint density at radius 1 is 0.272 bits per heavy atom. The molecule has 0 spiro atoms. The summed E-state index contributed by atoms with van der Waals surface area (Å²) < 4.78 is 131. The van der Waals surface area contributed by atoms with E-state index in [-0.39, 0.29) is 0 Å². The van der Waals surface area contributed by atoms with Gasteiger partial charge in [-0.2, -0.15) is 0 Å². The molecule has 9 saturated heterocycles. The van der Waals surface area contributed by atoms with Crippen LogP contribution in [0.15, 0.2) is 0 Å². The van der Waals surface area contributed by atoms with Gasteiger partial charge in [0.25, 0.3) is 0 Å². The monoisotopic (exact) mass is 1720 g/mol. The fourth-order valence-electron chi connectivity index (χ4n) is 13.8. The van der Waals surface area contributed by atoms with Gasteiger partial charge in [0.1, 0.15) is 220 Å². The maximum absolute atomic E-state index is 13.0. The molecule has 0 aliphatic carbocycles. The Balaban J connectivity index is 1.07. The van der Waals surface area contributed by atoms with Gasteiger partial charge in [-0.05, 0) is 0 Å². The Kier molecular flexibility index (Phi) is 34.0. The fourth-order valence-corrected chi connectivity index (χ4v) is 14.5. The highest BCUT2D eigenvalue weighted by molar-refractivity contribution is 7.46. The van der Waals surface area contributed by atoms with Crippen LogP contribution in [0.3, 0.4) is 0 Å². The van der Waals surface area contributed by atoms with E-state index in [2.05, 4.69) is 19.7 Å². The molecule has 31 N–H and O–H groups in total. The number of amides is 2. The number of hydrogen-bond donors (Lipinski definition) is 31. The molecule has 54 nitrogen and oxygen atoms in total. The lowest BCUT2D eigenvalue weighted by Gasteiger charge is -2.51. The van der Waals surface area contributed by atoms with E-state index in [1.54, 1.807) is 0 Å². The third-order valence-corrected chi connectivity index (χ3v) is 21.0. The van der Waals surface area contributed by atoms with Crippen molar-refractivity contribution in [1.29, 1.82) is 0 Å². The van der Waals surface area contributed by atoms with Gasteiger partial charge in [-0.15, -0.1) is 0 Å². The van der Waals surface area contributed by atoms with Gasteiger partial charge in [0.15, 0.2) is 56.6 Å². The molecule has 0 aromatic carbocycles. The molecule has 0 aromatic heterocycles. The third-order valence-electron chi connectivity index (χ3n) is 20.0. The molecule has 56 heteroatoms. The average molecular weight is 1720 g/mol. The molecule has 0 aromatic rings. The lowest BCUT2D eigenvalue weighted by Crippen LogP contribution is -2.70. The second-order valence-electron chi connectivity index (χ2n) is 27.9. The van der Waals surface area contributed by atoms with Gasteiger partial charge >= 0.3 is 15.6 Å². The highest BCUT2D eigenvalue weighted by atomic mass is 31.2. The molecular formula is C58H100N2O52P2. The molecule has 9 rings (SSSR count). The first-order chi connectivity index (χ1) is 53.5. The number of carbonyl (C=O) groups is 2. The lowest BCUT2D eigenvalue weighted by molar-refractivity contribution is -0.401. The van der Waals surface area contributed by atoms with E-state index in [9.17, 15) is 166 Å². The molecule has 9 aliphatic rings.